The lowest BCUT2D eigenvalue weighted by atomic mass is 10.0. The number of aliphatic hydroxyl groups excluding tert-OH is 1. The Hall–Kier alpha value is -1.10. The van der Waals surface area contributed by atoms with Gasteiger partial charge in [0.2, 0.25) is 0 Å². The quantitative estimate of drug-likeness (QED) is 0.0631. The first-order valence-corrected chi connectivity index (χ1v) is 17.9. The molecule has 0 aromatic rings. The van der Waals surface area contributed by atoms with E-state index in [4.69, 9.17) is 9.47 Å². The van der Waals surface area contributed by atoms with Crippen molar-refractivity contribution < 1.29 is 24.2 Å². The highest BCUT2D eigenvalue weighted by atomic mass is 16.6. The number of esters is 2. The first-order valence-electron chi connectivity index (χ1n) is 17.9. The maximum atomic E-state index is 11.9. The maximum Gasteiger partial charge on any atom is 0.305 e. The Morgan fingerprint density at radius 2 is 0.780 bits per heavy atom. The van der Waals surface area contributed by atoms with Crippen LogP contribution in [0.1, 0.15) is 194 Å². The fourth-order valence-corrected chi connectivity index (χ4v) is 5.27. The summed E-state index contributed by atoms with van der Waals surface area (Å²) < 4.78 is 10.3. The molecule has 0 heterocycles. The van der Waals surface area contributed by atoms with Crippen molar-refractivity contribution >= 4 is 11.9 Å². The van der Waals surface area contributed by atoms with E-state index in [1.54, 1.807) is 0 Å². The number of carbonyl (C=O) groups excluding carboxylic acids is 2. The second-order valence-corrected chi connectivity index (χ2v) is 12.8. The summed E-state index contributed by atoms with van der Waals surface area (Å²) in [7, 11) is 0. The largest absolute Gasteiger partial charge is 0.463 e. The van der Waals surface area contributed by atoms with Gasteiger partial charge in [-0.05, 0) is 18.8 Å². The molecule has 0 aromatic heterocycles. The van der Waals surface area contributed by atoms with Crippen molar-refractivity contribution in [2.24, 2.45) is 5.92 Å². The number of carbonyl (C=O) groups is 2. The minimum atomic E-state index is -0.954. The fourth-order valence-electron chi connectivity index (χ4n) is 5.27. The van der Waals surface area contributed by atoms with Gasteiger partial charge in [0, 0.05) is 12.8 Å². The first-order chi connectivity index (χ1) is 20.0. The third kappa shape index (κ3) is 33.3. The summed E-state index contributed by atoms with van der Waals surface area (Å²) in [5, 5.41) is 9.97. The Kier molecular flexibility index (Phi) is 31.0. The molecule has 0 unspecified atom stereocenters. The first kappa shape index (κ1) is 39.9. The summed E-state index contributed by atoms with van der Waals surface area (Å²) in [5.74, 6) is 0.292. The van der Waals surface area contributed by atoms with Crippen LogP contribution in [-0.2, 0) is 19.1 Å². The van der Waals surface area contributed by atoms with Crippen LogP contribution in [-0.4, -0.2) is 36.4 Å². The number of hydrogen-bond donors (Lipinski definition) is 1. The van der Waals surface area contributed by atoms with E-state index in [1.165, 1.54) is 135 Å². The Morgan fingerprint density at radius 1 is 0.488 bits per heavy atom. The zero-order chi connectivity index (χ0) is 30.2. The molecule has 41 heavy (non-hydrogen) atoms. The lowest BCUT2D eigenvalue weighted by Crippen LogP contribution is -2.25. The molecule has 5 heteroatoms. The van der Waals surface area contributed by atoms with Gasteiger partial charge in [0.15, 0.2) is 0 Å². The monoisotopic (exact) mass is 583 g/mol. The van der Waals surface area contributed by atoms with Crippen LogP contribution >= 0.6 is 0 Å². The Morgan fingerprint density at radius 3 is 1.10 bits per heavy atom. The molecule has 1 N–H and O–H groups in total. The fraction of sp³-hybridized carbons (Fsp3) is 0.944. The molecule has 0 aliphatic carbocycles. The van der Waals surface area contributed by atoms with E-state index >= 15 is 0 Å². The molecule has 0 radical (unpaired) electrons. The SMILES string of the molecule is CCCCCCCCCCCCCC(=O)OC[C@H](O)COC(=O)CCCCCCCCCCCCCCCC(C)C. The van der Waals surface area contributed by atoms with Gasteiger partial charge in [-0.25, -0.2) is 0 Å². The summed E-state index contributed by atoms with van der Waals surface area (Å²) in [6, 6.07) is 0. The summed E-state index contributed by atoms with van der Waals surface area (Å²) in [6.07, 6.45) is 31.5. The van der Waals surface area contributed by atoms with Gasteiger partial charge >= 0.3 is 11.9 Å². The van der Waals surface area contributed by atoms with Crippen LogP contribution in [0, 0.1) is 5.92 Å². The normalized spacial score (nSPS) is 12.1. The third-order valence-corrected chi connectivity index (χ3v) is 8.02. The number of unbranched alkanes of at least 4 members (excludes halogenated alkanes) is 22. The van der Waals surface area contributed by atoms with Crippen LogP contribution in [0.25, 0.3) is 0 Å². The molecule has 5 nitrogen and oxygen atoms in total. The highest BCUT2D eigenvalue weighted by molar-refractivity contribution is 5.69. The zero-order valence-corrected chi connectivity index (χ0v) is 27.7. The van der Waals surface area contributed by atoms with Crippen molar-refractivity contribution in [1.29, 1.82) is 0 Å². The molecule has 244 valence electrons. The van der Waals surface area contributed by atoms with Crippen LogP contribution in [0.15, 0.2) is 0 Å². The average molecular weight is 583 g/mol. The standard InChI is InChI=1S/C36H70O5/c1-4-5-6-7-8-9-13-17-20-23-26-29-35(38)40-31-34(37)32-41-36(39)30-27-24-21-18-15-12-10-11-14-16-19-22-25-28-33(2)3/h33-34,37H,4-32H2,1-3H3/t34-/m0/s1. The van der Waals surface area contributed by atoms with E-state index in [9.17, 15) is 14.7 Å². The lowest BCUT2D eigenvalue weighted by molar-refractivity contribution is -0.152. The predicted molar refractivity (Wildman–Crippen MR) is 173 cm³/mol. The number of aliphatic hydroxyl groups is 1. The van der Waals surface area contributed by atoms with Gasteiger partial charge in [-0.2, -0.15) is 0 Å². The minimum Gasteiger partial charge on any atom is -0.463 e. The van der Waals surface area contributed by atoms with E-state index < -0.39 is 6.10 Å². The summed E-state index contributed by atoms with van der Waals surface area (Å²) in [5.41, 5.74) is 0. The average Bonchev–Trinajstić information content (AvgIpc) is 2.95. The second kappa shape index (κ2) is 31.8. The Bertz CT molecular complexity index is 562. The highest BCUT2D eigenvalue weighted by Crippen LogP contribution is 2.15. The molecule has 0 aromatic carbocycles. The van der Waals surface area contributed by atoms with Crippen LogP contribution in [0.3, 0.4) is 0 Å². The van der Waals surface area contributed by atoms with Crippen LogP contribution in [0.2, 0.25) is 0 Å². The summed E-state index contributed by atoms with van der Waals surface area (Å²) >= 11 is 0. The predicted octanol–water partition coefficient (Wildman–Crippen LogP) is 10.6. The van der Waals surface area contributed by atoms with E-state index in [2.05, 4.69) is 20.8 Å². The van der Waals surface area contributed by atoms with Crippen molar-refractivity contribution in [2.75, 3.05) is 13.2 Å². The summed E-state index contributed by atoms with van der Waals surface area (Å²) in [4.78, 5) is 23.8. The molecule has 0 fully saturated rings. The van der Waals surface area contributed by atoms with Gasteiger partial charge in [0.05, 0.1) is 0 Å². The molecule has 0 amide bonds. The lowest BCUT2D eigenvalue weighted by Gasteiger charge is -2.12. The van der Waals surface area contributed by atoms with Gasteiger partial charge in [0.1, 0.15) is 19.3 Å². The van der Waals surface area contributed by atoms with Gasteiger partial charge in [-0.15, -0.1) is 0 Å². The van der Waals surface area contributed by atoms with Crippen LogP contribution < -0.4 is 0 Å². The van der Waals surface area contributed by atoms with Gasteiger partial charge in [-0.3, -0.25) is 9.59 Å². The molecule has 0 rings (SSSR count). The summed E-state index contributed by atoms with van der Waals surface area (Å²) in [6.45, 7) is 6.65. The van der Waals surface area contributed by atoms with E-state index in [0.717, 1.165) is 31.6 Å². The molecule has 0 aliphatic rings. The molecule has 0 saturated carbocycles. The molecular formula is C36H70O5. The maximum absolute atomic E-state index is 11.9. The van der Waals surface area contributed by atoms with Crippen molar-refractivity contribution in [2.45, 2.75) is 200 Å². The van der Waals surface area contributed by atoms with E-state index in [1.807, 2.05) is 0 Å². The number of rotatable bonds is 32. The van der Waals surface area contributed by atoms with Crippen LogP contribution in [0.5, 0.6) is 0 Å². The number of ether oxygens (including phenoxy) is 2. The molecule has 1 atom stereocenters. The molecule has 0 aliphatic heterocycles. The minimum absolute atomic E-state index is 0.109. The zero-order valence-electron chi connectivity index (χ0n) is 27.7. The van der Waals surface area contributed by atoms with Crippen LogP contribution in [0.4, 0.5) is 0 Å². The van der Waals surface area contributed by atoms with Crippen molar-refractivity contribution in [3.8, 4) is 0 Å². The third-order valence-electron chi connectivity index (χ3n) is 8.02. The van der Waals surface area contributed by atoms with Gasteiger partial charge in [0.25, 0.3) is 0 Å². The Balaban J connectivity index is 3.39. The van der Waals surface area contributed by atoms with Crippen molar-refractivity contribution in [1.82, 2.24) is 0 Å². The van der Waals surface area contributed by atoms with Gasteiger partial charge in [-0.1, -0.05) is 168 Å². The highest BCUT2D eigenvalue weighted by Gasteiger charge is 2.12. The van der Waals surface area contributed by atoms with E-state index in [-0.39, 0.29) is 25.2 Å². The molecule has 0 bridgehead atoms. The van der Waals surface area contributed by atoms with Crippen molar-refractivity contribution in [3.05, 3.63) is 0 Å². The molecule has 0 spiro atoms. The smallest absolute Gasteiger partial charge is 0.305 e. The number of hydrogen-bond acceptors (Lipinski definition) is 5. The molecular weight excluding hydrogens is 512 g/mol. The Labute approximate surface area is 255 Å². The molecule has 0 saturated heterocycles. The van der Waals surface area contributed by atoms with Gasteiger partial charge < -0.3 is 14.6 Å². The topological polar surface area (TPSA) is 72.8 Å². The van der Waals surface area contributed by atoms with Crippen molar-refractivity contribution in [3.63, 3.8) is 0 Å². The second-order valence-electron chi connectivity index (χ2n) is 12.8. The van der Waals surface area contributed by atoms with E-state index in [0.29, 0.717) is 12.8 Å².